The van der Waals surface area contributed by atoms with E-state index in [0.717, 1.165) is 29.2 Å². The van der Waals surface area contributed by atoms with Crippen LogP contribution in [0.3, 0.4) is 0 Å². The van der Waals surface area contributed by atoms with Gasteiger partial charge in [-0.05, 0) is 29.8 Å². The summed E-state index contributed by atoms with van der Waals surface area (Å²) < 4.78 is 12.7. The SMILES string of the molecule is CN=C(NCc1cccc(OCCCOC)c1)NCc1nnc2ccccn12.I. The van der Waals surface area contributed by atoms with Crippen LogP contribution in [0.1, 0.15) is 17.8 Å². The Kier molecular flexibility index (Phi) is 9.65. The number of aliphatic imine (C=N–C) groups is 1. The molecule has 0 radical (unpaired) electrons. The quantitative estimate of drug-likeness (QED) is 0.199. The third kappa shape index (κ3) is 6.86. The molecule has 8 nitrogen and oxygen atoms in total. The van der Waals surface area contributed by atoms with Crippen molar-refractivity contribution < 1.29 is 9.47 Å². The second kappa shape index (κ2) is 12.2. The van der Waals surface area contributed by atoms with Gasteiger partial charge in [0.2, 0.25) is 0 Å². The van der Waals surface area contributed by atoms with Gasteiger partial charge in [0, 0.05) is 39.9 Å². The molecule has 9 heteroatoms. The van der Waals surface area contributed by atoms with Crippen molar-refractivity contribution in [3.8, 4) is 5.75 Å². The summed E-state index contributed by atoms with van der Waals surface area (Å²) in [6, 6.07) is 13.8. The summed E-state index contributed by atoms with van der Waals surface area (Å²) in [7, 11) is 3.44. The number of pyridine rings is 1. The van der Waals surface area contributed by atoms with Crippen molar-refractivity contribution in [2.75, 3.05) is 27.4 Å². The fraction of sp³-hybridized carbons (Fsp3) is 0.350. The average molecular weight is 510 g/mol. The lowest BCUT2D eigenvalue weighted by Crippen LogP contribution is -2.36. The summed E-state index contributed by atoms with van der Waals surface area (Å²) in [5.74, 6) is 2.37. The van der Waals surface area contributed by atoms with E-state index in [1.54, 1.807) is 14.2 Å². The Morgan fingerprint density at radius 1 is 1.07 bits per heavy atom. The summed E-state index contributed by atoms with van der Waals surface area (Å²) in [4.78, 5) is 4.27. The van der Waals surface area contributed by atoms with Gasteiger partial charge >= 0.3 is 0 Å². The fourth-order valence-electron chi connectivity index (χ4n) is 2.72. The highest BCUT2D eigenvalue weighted by Crippen LogP contribution is 2.13. The molecular weight excluding hydrogens is 483 g/mol. The molecule has 29 heavy (non-hydrogen) atoms. The molecule has 0 saturated heterocycles. The van der Waals surface area contributed by atoms with Crippen molar-refractivity contribution >= 4 is 35.6 Å². The molecule has 0 bridgehead atoms. The standard InChI is InChI=1S/C20H26N6O2.HI/c1-21-20(23-15-19-25-24-18-9-3-4-10-26(18)19)22-14-16-7-5-8-17(13-16)28-12-6-11-27-2;/h3-5,7-10,13H,6,11-12,14-15H2,1-2H3,(H2,21,22,23);1H. The lowest BCUT2D eigenvalue weighted by molar-refractivity contribution is 0.172. The topological polar surface area (TPSA) is 85.1 Å². The Balaban J connectivity index is 0.00000300. The molecule has 0 saturated carbocycles. The van der Waals surface area contributed by atoms with Crippen LogP contribution < -0.4 is 15.4 Å². The van der Waals surface area contributed by atoms with Crippen LogP contribution in [-0.2, 0) is 17.8 Å². The number of aromatic nitrogens is 3. The molecule has 2 aromatic heterocycles. The maximum atomic E-state index is 5.75. The highest BCUT2D eigenvalue weighted by atomic mass is 127. The number of hydrogen-bond acceptors (Lipinski definition) is 5. The number of methoxy groups -OCH3 is 1. The molecule has 0 fully saturated rings. The van der Waals surface area contributed by atoms with E-state index < -0.39 is 0 Å². The number of guanidine groups is 1. The largest absolute Gasteiger partial charge is 0.493 e. The van der Waals surface area contributed by atoms with Crippen molar-refractivity contribution in [3.63, 3.8) is 0 Å². The number of rotatable bonds is 9. The van der Waals surface area contributed by atoms with Crippen LogP contribution in [0.4, 0.5) is 0 Å². The summed E-state index contributed by atoms with van der Waals surface area (Å²) in [6.45, 7) is 2.49. The van der Waals surface area contributed by atoms with Gasteiger partial charge in [-0.25, -0.2) is 0 Å². The number of nitrogens with zero attached hydrogens (tertiary/aromatic N) is 4. The van der Waals surface area contributed by atoms with Crippen LogP contribution in [0.5, 0.6) is 5.75 Å². The molecule has 0 unspecified atom stereocenters. The highest BCUT2D eigenvalue weighted by Gasteiger charge is 2.06. The minimum atomic E-state index is 0. The molecule has 3 rings (SSSR count). The van der Waals surface area contributed by atoms with E-state index in [2.05, 4.69) is 25.8 Å². The lowest BCUT2D eigenvalue weighted by Gasteiger charge is -2.12. The van der Waals surface area contributed by atoms with Gasteiger partial charge in [0.1, 0.15) is 5.75 Å². The first-order valence-electron chi connectivity index (χ1n) is 9.24. The van der Waals surface area contributed by atoms with Crippen LogP contribution >= 0.6 is 24.0 Å². The fourth-order valence-corrected chi connectivity index (χ4v) is 2.72. The second-order valence-corrected chi connectivity index (χ2v) is 6.17. The smallest absolute Gasteiger partial charge is 0.191 e. The predicted molar refractivity (Wildman–Crippen MR) is 124 cm³/mol. The maximum Gasteiger partial charge on any atom is 0.191 e. The van der Waals surface area contributed by atoms with Crippen molar-refractivity contribution in [2.45, 2.75) is 19.5 Å². The molecule has 0 spiro atoms. The van der Waals surface area contributed by atoms with Gasteiger partial charge in [-0.1, -0.05) is 18.2 Å². The summed E-state index contributed by atoms with van der Waals surface area (Å²) in [5, 5.41) is 14.9. The molecule has 2 N–H and O–H groups in total. The molecule has 0 aliphatic rings. The molecule has 156 valence electrons. The number of fused-ring (bicyclic) bond motifs is 1. The van der Waals surface area contributed by atoms with Gasteiger partial charge < -0.3 is 20.1 Å². The predicted octanol–water partition coefficient (Wildman–Crippen LogP) is 2.63. The third-order valence-corrected chi connectivity index (χ3v) is 4.14. The van der Waals surface area contributed by atoms with Crippen molar-refractivity contribution in [1.29, 1.82) is 0 Å². The molecule has 0 aliphatic heterocycles. The Morgan fingerprint density at radius 3 is 2.76 bits per heavy atom. The molecular formula is C20H27IN6O2. The summed E-state index contributed by atoms with van der Waals surface area (Å²) in [6.07, 6.45) is 2.81. The van der Waals surface area contributed by atoms with Crippen LogP contribution in [0.25, 0.3) is 5.65 Å². The van der Waals surface area contributed by atoms with E-state index in [1.807, 2.05) is 53.1 Å². The van der Waals surface area contributed by atoms with Crippen LogP contribution in [0, 0.1) is 0 Å². The first kappa shape index (κ1) is 22.9. The van der Waals surface area contributed by atoms with E-state index in [4.69, 9.17) is 9.47 Å². The van der Waals surface area contributed by atoms with E-state index in [1.165, 1.54) is 0 Å². The van der Waals surface area contributed by atoms with Crippen LogP contribution in [0.15, 0.2) is 53.7 Å². The normalized spacial score (nSPS) is 11.2. The number of benzene rings is 1. The molecule has 0 aliphatic carbocycles. The number of ether oxygens (including phenoxy) is 2. The Morgan fingerprint density at radius 2 is 1.93 bits per heavy atom. The Hall–Kier alpha value is -2.40. The van der Waals surface area contributed by atoms with Gasteiger partial charge in [-0.2, -0.15) is 0 Å². The summed E-state index contributed by atoms with van der Waals surface area (Å²) >= 11 is 0. The Labute approximate surface area is 187 Å². The minimum absolute atomic E-state index is 0. The highest BCUT2D eigenvalue weighted by molar-refractivity contribution is 14.0. The van der Waals surface area contributed by atoms with Gasteiger partial charge in [-0.15, -0.1) is 34.2 Å². The van der Waals surface area contributed by atoms with E-state index in [9.17, 15) is 0 Å². The first-order valence-corrected chi connectivity index (χ1v) is 9.24. The van der Waals surface area contributed by atoms with Gasteiger partial charge in [-0.3, -0.25) is 9.39 Å². The maximum absolute atomic E-state index is 5.75. The minimum Gasteiger partial charge on any atom is -0.493 e. The molecule has 0 amide bonds. The molecule has 1 aromatic carbocycles. The lowest BCUT2D eigenvalue weighted by atomic mass is 10.2. The number of halogens is 1. The van der Waals surface area contributed by atoms with Gasteiger partial charge in [0.25, 0.3) is 0 Å². The van der Waals surface area contributed by atoms with E-state index in [0.29, 0.717) is 32.3 Å². The van der Waals surface area contributed by atoms with E-state index in [-0.39, 0.29) is 24.0 Å². The second-order valence-electron chi connectivity index (χ2n) is 6.17. The zero-order chi connectivity index (χ0) is 19.6. The summed E-state index contributed by atoms with van der Waals surface area (Å²) in [5.41, 5.74) is 1.93. The zero-order valence-electron chi connectivity index (χ0n) is 16.7. The molecule has 3 aromatic rings. The number of hydrogen-bond donors (Lipinski definition) is 2. The Bertz CT molecular complexity index is 915. The van der Waals surface area contributed by atoms with Crippen molar-refractivity contribution in [2.24, 2.45) is 4.99 Å². The van der Waals surface area contributed by atoms with Crippen molar-refractivity contribution in [1.82, 2.24) is 25.2 Å². The van der Waals surface area contributed by atoms with Crippen LogP contribution in [-0.4, -0.2) is 47.9 Å². The van der Waals surface area contributed by atoms with Crippen molar-refractivity contribution in [3.05, 3.63) is 60.0 Å². The van der Waals surface area contributed by atoms with Gasteiger partial charge in [0.15, 0.2) is 17.4 Å². The van der Waals surface area contributed by atoms with E-state index >= 15 is 0 Å². The monoisotopic (exact) mass is 510 g/mol. The van der Waals surface area contributed by atoms with Gasteiger partial charge in [0.05, 0.1) is 13.2 Å². The average Bonchev–Trinajstić information content (AvgIpc) is 3.15. The molecule has 0 atom stereocenters. The molecule has 2 heterocycles. The van der Waals surface area contributed by atoms with Crippen LogP contribution in [0.2, 0.25) is 0 Å². The first-order chi connectivity index (χ1) is 13.8. The third-order valence-electron chi connectivity index (χ3n) is 4.14. The zero-order valence-corrected chi connectivity index (χ0v) is 19.0. The number of nitrogens with one attached hydrogen (secondary N) is 2.